The second-order valence-corrected chi connectivity index (χ2v) is 12.4. The van der Waals surface area contributed by atoms with Gasteiger partial charge >= 0.3 is 0 Å². The highest BCUT2D eigenvalue weighted by Gasteiger charge is 2.49. The van der Waals surface area contributed by atoms with Crippen LogP contribution in [0.3, 0.4) is 0 Å². The number of phenols is 1. The smallest absolute Gasteiger partial charge is 0.217 e. The van der Waals surface area contributed by atoms with E-state index in [-0.39, 0.29) is 33.6 Å². The molecule has 4 aromatic rings. The van der Waals surface area contributed by atoms with Crippen molar-refractivity contribution in [3.05, 3.63) is 54.1 Å². The van der Waals surface area contributed by atoms with Crippen LogP contribution in [0, 0.1) is 11.6 Å². The van der Waals surface area contributed by atoms with E-state index >= 15 is 8.78 Å². The Kier molecular flexibility index (Phi) is 6.01. The maximum absolute atomic E-state index is 15.9. The van der Waals surface area contributed by atoms with Gasteiger partial charge in [0.05, 0.1) is 11.2 Å². The fraction of sp³-hybridized carbons (Fsp3) is 0.438. The van der Waals surface area contributed by atoms with E-state index in [0.717, 1.165) is 51.0 Å². The number of piperazine rings is 1. The lowest BCUT2D eigenvalue weighted by molar-refractivity contribution is 0.111. The van der Waals surface area contributed by atoms with Crippen molar-refractivity contribution in [3.8, 4) is 22.9 Å². The second kappa shape index (κ2) is 9.70. The Morgan fingerprint density at radius 1 is 1.02 bits per heavy atom. The molecule has 218 valence electrons. The lowest BCUT2D eigenvalue weighted by Crippen LogP contribution is -2.51. The summed E-state index contributed by atoms with van der Waals surface area (Å²) >= 11 is 0. The molecule has 10 heteroatoms. The van der Waals surface area contributed by atoms with Crippen molar-refractivity contribution >= 4 is 27.5 Å². The number of halogens is 3. The van der Waals surface area contributed by atoms with Crippen LogP contribution in [0.25, 0.3) is 33.1 Å². The van der Waals surface area contributed by atoms with E-state index in [9.17, 15) is 9.50 Å². The number of alkyl halides is 1. The van der Waals surface area contributed by atoms with E-state index in [0.29, 0.717) is 48.3 Å². The second-order valence-electron chi connectivity index (χ2n) is 12.4. The number of ether oxygens (including phenoxy) is 1. The number of hydrogen-bond donors (Lipinski definition) is 2. The van der Waals surface area contributed by atoms with Crippen molar-refractivity contribution in [2.75, 3.05) is 37.7 Å². The Balaban J connectivity index is 1.25. The minimum absolute atomic E-state index is 0.0962. The summed E-state index contributed by atoms with van der Waals surface area (Å²) in [5, 5.41) is 15.2. The summed E-state index contributed by atoms with van der Waals surface area (Å²) in [5.41, 5.74) is 0.769. The summed E-state index contributed by atoms with van der Waals surface area (Å²) in [6, 6.07) is 11.3. The molecule has 4 fully saturated rings. The van der Waals surface area contributed by atoms with Crippen LogP contribution in [0.2, 0.25) is 0 Å². The summed E-state index contributed by atoms with van der Waals surface area (Å²) in [5.74, 6) is -0.930. The van der Waals surface area contributed by atoms with Gasteiger partial charge in [0.1, 0.15) is 35.9 Å². The van der Waals surface area contributed by atoms with Crippen molar-refractivity contribution in [1.29, 1.82) is 0 Å². The van der Waals surface area contributed by atoms with Gasteiger partial charge in [-0.2, -0.15) is 4.98 Å². The molecule has 0 radical (unpaired) electrons. The molecular formula is C32H32F3N5O2. The molecule has 2 aromatic heterocycles. The fourth-order valence-electron chi connectivity index (χ4n) is 7.81. The molecule has 2 aromatic carbocycles. The summed E-state index contributed by atoms with van der Waals surface area (Å²) in [4.78, 5) is 13.8. The molecule has 0 aliphatic carbocycles. The quantitative estimate of drug-likeness (QED) is 0.333. The van der Waals surface area contributed by atoms with Crippen LogP contribution in [0.5, 0.6) is 11.6 Å². The van der Waals surface area contributed by atoms with Crippen LogP contribution in [-0.4, -0.2) is 76.6 Å². The van der Waals surface area contributed by atoms with Crippen molar-refractivity contribution in [2.45, 2.75) is 55.9 Å². The number of aromatic hydroxyl groups is 1. The molecular weight excluding hydrogens is 543 g/mol. The molecule has 7 nitrogen and oxygen atoms in total. The molecule has 0 amide bonds. The van der Waals surface area contributed by atoms with Crippen LogP contribution in [0.15, 0.2) is 42.5 Å². The maximum Gasteiger partial charge on any atom is 0.217 e. The summed E-state index contributed by atoms with van der Waals surface area (Å²) in [7, 11) is 0. The predicted molar refractivity (Wildman–Crippen MR) is 155 cm³/mol. The minimum atomic E-state index is -0.866. The molecule has 4 atom stereocenters. The predicted octanol–water partition coefficient (Wildman–Crippen LogP) is 5.33. The molecule has 6 heterocycles. The Morgan fingerprint density at radius 3 is 2.69 bits per heavy atom. The number of nitrogens with one attached hydrogen (secondary N) is 1. The Labute approximate surface area is 241 Å². The zero-order chi connectivity index (χ0) is 28.6. The molecule has 0 saturated carbocycles. The van der Waals surface area contributed by atoms with E-state index in [1.165, 1.54) is 24.3 Å². The first-order chi connectivity index (χ1) is 20.3. The van der Waals surface area contributed by atoms with Gasteiger partial charge in [0.25, 0.3) is 0 Å². The molecule has 0 unspecified atom stereocenters. The van der Waals surface area contributed by atoms with Gasteiger partial charge in [-0.3, -0.25) is 4.90 Å². The number of aromatic nitrogens is 2. The Hall–Kier alpha value is -3.63. The number of pyridine rings is 2. The number of anilines is 1. The van der Waals surface area contributed by atoms with Gasteiger partial charge in [0.2, 0.25) is 5.88 Å². The molecule has 2 N–H and O–H groups in total. The fourth-order valence-corrected chi connectivity index (χ4v) is 7.81. The normalized spacial score (nSPS) is 27.3. The zero-order valence-electron chi connectivity index (χ0n) is 23.1. The SMILES string of the molecule is Oc1cc(-c2nc3nc(OC[C@@]45CCCN4C[C@H](F)C5)cc(N4C[C@H]5CC[C@@H](C4)N5)c3cc2F)c2c(F)cccc2c1. The standard InChI is InChI=1S/C32H32F3N5O2/c33-19-13-32(7-2-8-40(32)14-19)17-42-28-12-27(39-15-20-5-6-21(16-39)36-20)23-11-26(35)30(38-31(23)37-28)24-10-22(41)9-18-3-1-4-25(34)29(18)24/h1,3-4,9-12,19-21,36,41H,2,5-8,13-17H2/t19-,20-,21+,32+/m1/s1. The minimum Gasteiger partial charge on any atom is -0.508 e. The molecule has 4 saturated heterocycles. The average molecular weight is 576 g/mol. The number of hydrogen-bond acceptors (Lipinski definition) is 7. The van der Waals surface area contributed by atoms with Gasteiger partial charge in [0.15, 0.2) is 5.65 Å². The highest BCUT2D eigenvalue weighted by Crippen LogP contribution is 2.42. The van der Waals surface area contributed by atoms with Gasteiger partial charge in [-0.05, 0) is 61.9 Å². The molecule has 42 heavy (non-hydrogen) atoms. The number of nitrogens with zero attached hydrogens (tertiary/aromatic N) is 4. The van der Waals surface area contributed by atoms with E-state index < -0.39 is 17.8 Å². The number of phenolic OH excluding ortho intramolecular Hbond substituents is 1. The third-order valence-corrected chi connectivity index (χ3v) is 9.68. The molecule has 4 aliphatic heterocycles. The highest BCUT2D eigenvalue weighted by atomic mass is 19.1. The van der Waals surface area contributed by atoms with Gasteiger partial charge in [-0.1, -0.05) is 12.1 Å². The molecule has 4 aliphatic rings. The zero-order valence-corrected chi connectivity index (χ0v) is 23.1. The average Bonchev–Trinajstić information content (AvgIpc) is 3.61. The van der Waals surface area contributed by atoms with Gasteiger partial charge in [-0.25, -0.2) is 18.2 Å². The lowest BCUT2D eigenvalue weighted by atomic mass is 9.95. The van der Waals surface area contributed by atoms with Crippen LogP contribution in [0.1, 0.15) is 32.1 Å². The van der Waals surface area contributed by atoms with Gasteiger partial charge in [-0.15, -0.1) is 0 Å². The van der Waals surface area contributed by atoms with Crippen molar-refractivity contribution in [3.63, 3.8) is 0 Å². The topological polar surface area (TPSA) is 73.8 Å². The largest absolute Gasteiger partial charge is 0.508 e. The Morgan fingerprint density at radius 2 is 1.86 bits per heavy atom. The van der Waals surface area contributed by atoms with Crippen molar-refractivity contribution < 1.29 is 23.0 Å². The van der Waals surface area contributed by atoms with Gasteiger partial charge < -0.3 is 20.1 Å². The number of fused-ring (bicyclic) bond motifs is 5. The van der Waals surface area contributed by atoms with E-state index in [2.05, 4.69) is 20.1 Å². The van der Waals surface area contributed by atoms with Crippen LogP contribution in [-0.2, 0) is 0 Å². The maximum atomic E-state index is 15.9. The first-order valence-corrected chi connectivity index (χ1v) is 14.8. The van der Waals surface area contributed by atoms with Crippen LogP contribution >= 0.6 is 0 Å². The summed E-state index contributed by atoms with van der Waals surface area (Å²) in [6.45, 7) is 3.14. The molecule has 0 spiro atoms. The molecule has 2 bridgehead atoms. The monoisotopic (exact) mass is 575 g/mol. The number of rotatable bonds is 5. The van der Waals surface area contributed by atoms with Crippen LogP contribution < -0.4 is 15.0 Å². The van der Waals surface area contributed by atoms with E-state index in [1.807, 2.05) is 6.07 Å². The van der Waals surface area contributed by atoms with Crippen molar-refractivity contribution in [2.24, 2.45) is 0 Å². The third kappa shape index (κ3) is 4.26. The summed E-state index contributed by atoms with van der Waals surface area (Å²) < 4.78 is 51.7. The third-order valence-electron chi connectivity index (χ3n) is 9.68. The first kappa shape index (κ1) is 26.0. The lowest BCUT2D eigenvalue weighted by Gasteiger charge is -2.35. The highest BCUT2D eigenvalue weighted by molar-refractivity contribution is 5.99. The summed E-state index contributed by atoms with van der Waals surface area (Å²) in [6.07, 6.45) is 3.63. The van der Waals surface area contributed by atoms with E-state index in [4.69, 9.17) is 9.72 Å². The van der Waals surface area contributed by atoms with Crippen molar-refractivity contribution in [1.82, 2.24) is 20.2 Å². The van der Waals surface area contributed by atoms with Crippen LogP contribution in [0.4, 0.5) is 18.9 Å². The number of benzene rings is 2. The van der Waals surface area contributed by atoms with E-state index in [1.54, 1.807) is 12.1 Å². The molecule has 8 rings (SSSR count). The van der Waals surface area contributed by atoms with Gasteiger partial charge in [0, 0.05) is 60.5 Å². The Bertz CT molecular complexity index is 1710. The first-order valence-electron chi connectivity index (χ1n) is 14.8.